The van der Waals surface area contributed by atoms with Gasteiger partial charge in [0.05, 0.1) is 11.3 Å². The maximum atomic E-state index is 12.1. The van der Waals surface area contributed by atoms with Crippen molar-refractivity contribution >= 4 is 11.6 Å². The fourth-order valence-corrected chi connectivity index (χ4v) is 3.69. The third kappa shape index (κ3) is 2.53. The number of para-hydroxylation sites is 1. The molecule has 5 heteroatoms. The van der Waals surface area contributed by atoms with Gasteiger partial charge in [0.1, 0.15) is 0 Å². The van der Waals surface area contributed by atoms with Crippen LogP contribution in [-0.4, -0.2) is 16.9 Å². The van der Waals surface area contributed by atoms with Crippen LogP contribution in [0.2, 0.25) is 0 Å². The Labute approximate surface area is 117 Å². The van der Waals surface area contributed by atoms with Crippen LogP contribution < -0.4 is 5.32 Å². The minimum atomic E-state index is -0.430. The minimum Gasteiger partial charge on any atom is -0.353 e. The van der Waals surface area contributed by atoms with Crippen molar-refractivity contribution in [2.24, 2.45) is 11.8 Å². The largest absolute Gasteiger partial charge is 0.353 e. The zero-order valence-corrected chi connectivity index (χ0v) is 11.2. The van der Waals surface area contributed by atoms with Crippen LogP contribution in [0.3, 0.4) is 0 Å². The van der Waals surface area contributed by atoms with Gasteiger partial charge < -0.3 is 5.32 Å². The molecule has 1 N–H and O–H groups in total. The first-order valence-corrected chi connectivity index (χ1v) is 7.15. The lowest BCUT2D eigenvalue weighted by Gasteiger charge is -2.22. The Hall–Kier alpha value is -1.91. The van der Waals surface area contributed by atoms with E-state index >= 15 is 0 Å². The summed E-state index contributed by atoms with van der Waals surface area (Å²) in [5.74, 6) is 1.29. The summed E-state index contributed by atoms with van der Waals surface area (Å²) in [6, 6.07) is 6.73. The maximum absolute atomic E-state index is 12.1. The van der Waals surface area contributed by atoms with Crippen LogP contribution in [0.15, 0.2) is 24.3 Å². The summed E-state index contributed by atoms with van der Waals surface area (Å²) in [4.78, 5) is 22.6. The number of hydrogen-bond donors (Lipinski definition) is 1. The summed E-state index contributed by atoms with van der Waals surface area (Å²) < 4.78 is 0. The molecule has 0 unspecified atom stereocenters. The van der Waals surface area contributed by atoms with Gasteiger partial charge in [0.15, 0.2) is 0 Å². The summed E-state index contributed by atoms with van der Waals surface area (Å²) in [5, 5.41) is 14.0. The molecular weight excluding hydrogens is 256 g/mol. The Bertz CT molecular complexity index is 544. The van der Waals surface area contributed by atoms with Gasteiger partial charge in [-0.2, -0.15) is 0 Å². The zero-order chi connectivity index (χ0) is 14.1. The third-order valence-corrected chi connectivity index (χ3v) is 4.62. The van der Waals surface area contributed by atoms with Crippen molar-refractivity contribution < 1.29 is 9.72 Å². The third-order valence-electron chi connectivity index (χ3n) is 4.62. The summed E-state index contributed by atoms with van der Waals surface area (Å²) in [6.45, 7) is 0. The minimum absolute atomic E-state index is 0.0237. The topological polar surface area (TPSA) is 72.2 Å². The second-order valence-corrected chi connectivity index (χ2v) is 5.91. The van der Waals surface area contributed by atoms with Gasteiger partial charge in [-0.15, -0.1) is 0 Å². The molecule has 0 spiro atoms. The number of nitro benzene ring substituents is 1. The van der Waals surface area contributed by atoms with Crippen LogP contribution in [-0.2, 0) is 11.2 Å². The van der Waals surface area contributed by atoms with E-state index in [-0.39, 0.29) is 24.1 Å². The molecule has 20 heavy (non-hydrogen) atoms. The summed E-state index contributed by atoms with van der Waals surface area (Å²) in [5.41, 5.74) is 0.508. The van der Waals surface area contributed by atoms with E-state index in [1.165, 1.54) is 25.3 Å². The van der Waals surface area contributed by atoms with Crippen LogP contribution in [0.1, 0.15) is 31.2 Å². The Morgan fingerprint density at radius 1 is 1.30 bits per heavy atom. The number of carbonyl (C=O) groups excluding carboxylic acids is 1. The average Bonchev–Trinajstić information content (AvgIpc) is 3.01. The molecule has 0 saturated heterocycles. The van der Waals surface area contributed by atoms with E-state index in [9.17, 15) is 14.9 Å². The highest BCUT2D eigenvalue weighted by atomic mass is 16.6. The van der Waals surface area contributed by atoms with Crippen molar-refractivity contribution in [3.8, 4) is 0 Å². The highest BCUT2D eigenvalue weighted by Crippen LogP contribution is 2.44. The number of amides is 1. The zero-order valence-electron chi connectivity index (χ0n) is 11.2. The van der Waals surface area contributed by atoms with E-state index in [0.717, 1.165) is 12.3 Å². The molecule has 0 aliphatic heterocycles. The lowest BCUT2D eigenvalue weighted by molar-refractivity contribution is -0.385. The lowest BCUT2D eigenvalue weighted by Crippen LogP contribution is -2.39. The van der Waals surface area contributed by atoms with Gasteiger partial charge in [0.2, 0.25) is 5.91 Å². The fourth-order valence-electron chi connectivity index (χ4n) is 3.69. The van der Waals surface area contributed by atoms with Gasteiger partial charge in [-0.3, -0.25) is 14.9 Å². The molecule has 2 bridgehead atoms. The quantitative estimate of drug-likeness (QED) is 0.677. The van der Waals surface area contributed by atoms with E-state index in [2.05, 4.69) is 5.32 Å². The Balaban J connectivity index is 1.63. The average molecular weight is 274 g/mol. The maximum Gasteiger partial charge on any atom is 0.273 e. The normalized spacial score (nSPS) is 27.5. The molecule has 106 valence electrons. The van der Waals surface area contributed by atoms with E-state index in [0.29, 0.717) is 11.5 Å². The second kappa shape index (κ2) is 5.23. The Kier molecular flexibility index (Phi) is 3.42. The van der Waals surface area contributed by atoms with Crippen LogP contribution in [0.25, 0.3) is 0 Å². The van der Waals surface area contributed by atoms with Crippen molar-refractivity contribution in [3.05, 3.63) is 39.9 Å². The molecule has 0 aromatic heterocycles. The summed E-state index contributed by atoms with van der Waals surface area (Å²) in [7, 11) is 0. The number of fused-ring (bicyclic) bond motifs is 2. The van der Waals surface area contributed by atoms with Gasteiger partial charge >= 0.3 is 0 Å². The molecule has 1 aromatic rings. The van der Waals surface area contributed by atoms with E-state index in [1.54, 1.807) is 18.2 Å². The SMILES string of the molecule is O=C(Cc1ccccc1[N+](=O)[O-])N[C@H]1C[C@H]2CC[C@H]1C2. The highest BCUT2D eigenvalue weighted by Gasteiger charge is 2.40. The molecule has 2 aliphatic carbocycles. The summed E-state index contributed by atoms with van der Waals surface area (Å²) in [6.07, 6.45) is 4.90. The molecule has 3 rings (SSSR count). The molecule has 2 saturated carbocycles. The number of nitrogens with zero attached hydrogens (tertiary/aromatic N) is 1. The van der Waals surface area contributed by atoms with E-state index in [1.807, 2.05) is 0 Å². The molecule has 1 aromatic carbocycles. The van der Waals surface area contributed by atoms with Crippen LogP contribution in [0.4, 0.5) is 5.69 Å². The molecule has 5 nitrogen and oxygen atoms in total. The predicted molar refractivity (Wildman–Crippen MR) is 74.2 cm³/mol. The van der Waals surface area contributed by atoms with Gasteiger partial charge in [-0.1, -0.05) is 24.6 Å². The molecule has 2 fully saturated rings. The molecule has 2 aliphatic rings. The van der Waals surface area contributed by atoms with Gasteiger partial charge in [-0.05, 0) is 31.1 Å². The van der Waals surface area contributed by atoms with Crippen molar-refractivity contribution in [1.82, 2.24) is 5.32 Å². The monoisotopic (exact) mass is 274 g/mol. The van der Waals surface area contributed by atoms with Gasteiger partial charge in [0.25, 0.3) is 5.69 Å². The molecule has 0 radical (unpaired) electrons. The smallest absolute Gasteiger partial charge is 0.273 e. The van der Waals surface area contributed by atoms with Crippen LogP contribution in [0, 0.1) is 22.0 Å². The first kappa shape index (κ1) is 13.1. The highest BCUT2D eigenvalue weighted by molar-refractivity contribution is 5.80. The van der Waals surface area contributed by atoms with Crippen LogP contribution >= 0.6 is 0 Å². The fraction of sp³-hybridized carbons (Fsp3) is 0.533. The number of carbonyl (C=O) groups is 1. The number of rotatable bonds is 4. The van der Waals surface area contributed by atoms with Crippen molar-refractivity contribution in [3.63, 3.8) is 0 Å². The number of nitrogens with one attached hydrogen (secondary N) is 1. The van der Waals surface area contributed by atoms with E-state index < -0.39 is 4.92 Å². The molecule has 0 heterocycles. The van der Waals surface area contributed by atoms with E-state index in [4.69, 9.17) is 0 Å². The van der Waals surface area contributed by atoms with Crippen molar-refractivity contribution in [2.75, 3.05) is 0 Å². The first-order valence-electron chi connectivity index (χ1n) is 7.15. The first-order chi connectivity index (χ1) is 9.63. The van der Waals surface area contributed by atoms with Gasteiger partial charge in [-0.25, -0.2) is 0 Å². The van der Waals surface area contributed by atoms with Crippen molar-refractivity contribution in [1.29, 1.82) is 0 Å². The number of hydrogen-bond acceptors (Lipinski definition) is 3. The molecule has 3 atom stereocenters. The van der Waals surface area contributed by atoms with Gasteiger partial charge in [0, 0.05) is 17.7 Å². The Morgan fingerprint density at radius 2 is 2.10 bits per heavy atom. The summed E-state index contributed by atoms with van der Waals surface area (Å²) >= 11 is 0. The predicted octanol–water partition coefficient (Wildman–Crippen LogP) is 2.44. The second-order valence-electron chi connectivity index (χ2n) is 5.91. The standard InChI is InChI=1S/C15H18N2O3/c18-15(16-13-8-10-5-6-11(13)7-10)9-12-3-1-2-4-14(12)17(19)20/h1-4,10-11,13H,5-9H2,(H,16,18)/t10-,11-,13-/m0/s1. The Morgan fingerprint density at radius 3 is 2.75 bits per heavy atom. The molecule has 1 amide bonds. The number of nitro groups is 1. The number of benzene rings is 1. The lowest BCUT2D eigenvalue weighted by atomic mass is 9.95. The van der Waals surface area contributed by atoms with Crippen LogP contribution in [0.5, 0.6) is 0 Å². The van der Waals surface area contributed by atoms with Crippen molar-refractivity contribution in [2.45, 2.75) is 38.1 Å². The molecular formula is C15H18N2O3.